The molecule has 0 saturated carbocycles. The number of amides is 1. The number of halogens is 2. The molecular weight excluding hydrogens is 558 g/mol. The van der Waals surface area contributed by atoms with Crippen LogP contribution in [0.3, 0.4) is 0 Å². The number of aromatic nitrogens is 2. The number of nitrogens with zero attached hydrogens (tertiary/aromatic N) is 6. The molecular formula is C31H30F2N6O2S. The van der Waals surface area contributed by atoms with Crippen molar-refractivity contribution in [1.29, 1.82) is 0 Å². The second-order valence-electron chi connectivity index (χ2n) is 10.7. The summed E-state index contributed by atoms with van der Waals surface area (Å²) in [5.41, 5.74) is 0.268. The Labute approximate surface area is 246 Å². The lowest BCUT2D eigenvalue weighted by Gasteiger charge is -2.39. The van der Waals surface area contributed by atoms with Crippen LogP contribution in [0.25, 0.3) is 37.0 Å². The molecule has 1 amide bonds. The van der Waals surface area contributed by atoms with E-state index in [0.29, 0.717) is 31.1 Å². The van der Waals surface area contributed by atoms with Gasteiger partial charge in [-0.3, -0.25) is 4.79 Å². The van der Waals surface area contributed by atoms with Gasteiger partial charge < -0.3 is 24.3 Å². The van der Waals surface area contributed by atoms with Crippen LogP contribution in [0.1, 0.15) is 12.8 Å². The lowest BCUT2D eigenvalue weighted by molar-refractivity contribution is -0.128. The Morgan fingerprint density at radius 3 is 2.83 bits per heavy atom. The fourth-order valence-corrected chi connectivity index (χ4v) is 6.81. The fourth-order valence-electron chi connectivity index (χ4n) is 6.00. The number of piperazine rings is 1. The Hall–Kier alpha value is -4.14. The third-order valence-corrected chi connectivity index (χ3v) is 9.11. The van der Waals surface area contributed by atoms with Gasteiger partial charge in [0.25, 0.3) is 0 Å². The molecule has 2 aliphatic rings. The van der Waals surface area contributed by atoms with Gasteiger partial charge in [-0.25, -0.2) is 15.4 Å². The van der Waals surface area contributed by atoms with E-state index in [0.717, 1.165) is 29.5 Å². The lowest BCUT2D eigenvalue weighted by atomic mass is 9.99. The molecule has 0 aliphatic carbocycles. The molecule has 4 heterocycles. The maximum atomic E-state index is 16.5. The van der Waals surface area contributed by atoms with Gasteiger partial charge in [-0.2, -0.15) is 9.97 Å². The first-order valence-electron chi connectivity index (χ1n) is 13.9. The van der Waals surface area contributed by atoms with E-state index in [4.69, 9.17) is 11.3 Å². The van der Waals surface area contributed by atoms with Crippen molar-refractivity contribution < 1.29 is 18.3 Å². The molecule has 0 unspecified atom stereocenters. The standard InChI is InChI=1S/C31H30F2N6O2S/c1-4-26(40)39-13-12-38(17-20(39)16-34-2)30-23-15-24(32)27(22-8-5-9-25-21(22)10-14-42-25)28(33)29(23)35-31(36-30)41-18-19-7-6-11-37(19)3/h4-5,8-10,14-15,19-20H,1,6-7,11-13,16-18H2,3H3/t19-,20-/m0/s1. The van der Waals surface area contributed by atoms with Gasteiger partial charge >= 0.3 is 6.01 Å². The van der Waals surface area contributed by atoms with Crippen LogP contribution in [0.4, 0.5) is 14.6 Å². The summed E-state index contributed by atoms with van der Waals surface area (Å²) < 4.78 is 39.4. The summed E-state index contributed by atoms with van der Waals surface area (Å²) >= 11 is 1.51. The van der Waals surface area contributed by atoms with Gasteiger partial charge in [0.2, 0.25) is 12.5 Å². The van der Waals surface area contributed by atoms with Gasteiger partial charge in [0.1, 0.15) is 29.8 Å². The first kappa shape index (κ1) is 28.0. The van der Waals surface area contributed by atoms with Crippen LogP contribution in [-0.4, -0.2) is 84.1 Å². The highest BCUT2D eigenvalue weighted by Gasteiger charge is 2.34. The minimum atomic E-state index is -0.784. The maximum absolute atomic E-state index is 16.5. The molecule has 2 aliphatic heterocycles. The number of hydrogen-bond acceptors (Lipinski definition) is 7. The Morgan fingerprint density at radius 1 is 1.21 bits per heavy atom. The first-order chi connectivity index (χ1) is 20.4. The van der Waals surface area contributed by atoms with Crippen molar-refractivity contribution in [2.24, 2.45) is 0 Å². The van der Waals surface area contributed by atoms with E-state index < -0.39 is 17.7 Å². The second-order valence-corrected chi connectivity index (χ2v) is 11.6. The zero-order valence-corrected chi connectivity index (χ0v) is 24.0. The number of hydrogen-bond donors (Lipinski definition) is 0. The van der Waals surface area contributed by atoms with E-state index >= 15 is 8.78 Å². The first-order valence-corrected chi connectivity index (χ1v) is 14.8. The number of thiophene rings is 1. The molecule has 0 bridgehead atoms. The number of benzene rings is 2. The molecule has 11 heteroatoms. The smallest absolute Gasteiger partial charge is 0.319 e. The molecule has 2 aromatic carbocycles. The Balaban J connectivity index is 1.47. The van der Waals surface area contributed by atoms with Crippen molar-refractivity contribution in [2.45, 2.75) is 24.9 Å². The normalized spacial score (nSPS) is 19.4. The number of carbonyl (C=O) groups is 1. The van der Waals surface area contributed by atoms with Crippen LogP contribution in [0.5, 0.6) is 6.01 Å². The van der Waals surface area contributed by atoms with Crippen LogP contribution in [0.15, 0.2) is 48.4 Å². The Morgan fingerprint density at radius 2 is 2.07 bits per heavy atom. The quantitative estimate of drug-likeness (QED) is 0.213. The molecule has 2 atom stereocenters. The fraction of sp³-hybridized carbons (Fsp3) is 0.355. The zero-order valence-electron chi connectivity index (χ0n) is 23.2. The predicted molar refractivity (Wildman–Crippen MR) is 161 cm³/mol. The van der Waals surface area contributed by atoms with Crippen molar-refractivity contribution in [1.82, 2.24) is 19.8 Å². The van der Waals surface area contributed by atoms with Gasteiger partial charge in [0.15, 0.2) is 5.82 Å². The average Bonchev–Trinajstić information content (AvgIpc) is 3.65. The van der Waals surface area contributed by atoms with Crippen LogP contribution < -0.4 is 9.64 Å². The summed E-state index contributed by atoms with van der Waals surface area (Å²) in [5.74, 6) is -1.45. The highest BCUT2D eigenvalue weighted by molar-refractivity contribution is 7.17. The molecule has 0 radical (unpaired) electrons. The van der Waals surface area contributed by atoms with E-state index in [1.54, 1.807) is 17.0 Å². The number of rotatable bonds is 7. The third-order valence-electron chi connectivity index (χ3n) is 8.23. The topological polar surface area (TPSA) is 66.2 Å². The summed E-state index contributed by atoms with van der Waals surface area (Å²) in [7, 11) is 2.04. The minimum absolute atomic E-state index is 0.00864. The molecule has 2 aromatic heterocycles. The summed E-state index contributed by atoms with van der Waals surface area (Å²) in [6.07, 6.45) is 3.28. The van der Waals surface area contributed by atoms with Crippen molar-refractivity contribution >= 4 is 44.1 Å². The summed E-state index contributed by atoms with van der Waals surface area (Å²) in [5, 5.41) is 2.87. The van der Waals surface area contributed by atoms with Crippen LogP contribution in [-0.2, 0) is 4.79 Å². The number of ether oxygens (including phenoxy) is 1. The SMILES string of the molecule is [C-]#[N+]C[C@H]1CN(c2nc(OC[C@@H]3CCCN3C)nc3c(F)c(-c4cccc5sccc45)c(F)cc23)CCN1C(=O)C=C. The highest BCUT2D eigenvalue weighted by Crippen LogP contribution is 2.39. The van der Waals surface area contributed by atoms with Gasteiger partial charge in [-0.05, 0) is 61.7 Å². The lowest BCUT2D eigenvalue weighted by Crippen LogP contribution is -2.56. The largest absolute Gasteiger partial charge is 0.462 e. The molecule has 4 aromatic rings. The molecule has 8 nitrogen and oxygen atoms in total. The van der Waals surface area contributed by atoms with E-state index in [1.165, 1.54) is 23.5 Å². The summed E-state index contributed by atoms with van der Waals surface area (Å²) in [6.45, 7) is 13.3. The van der Waals surface area contributed by atoms with Crippen LogP contribution in [0, 0.1) is 18.2 Å². The van der Waals surface area contributed by atoms with Crippen molar-refractivity contribution in [3.05, 3.63) is 71.4 Å². The second kappa shape index (κ2) is 11.6. The van der Waals surface area contributed by atoms with Crippen molar-refractivity contribution in [3.8, 4) is 17.1 Å². The molecule has 42 heavy (non-hydrogen) atoms. The minimum Gasteiger partial charge on any atom is -0.462 e. The van der Waals surface area contributed by atoms with Crippen molar-refractivity contribution in [2.75, 3.05) is 51.3 Å². The highest BCUT2D eigenvalue weighted by atomic mass is 32.1. The molecule has 216 valence electrons. The molecule has 0 N–H and O–H groups in total. The summed E-state index contributed by atoms with van der Waals surface area (Å²) in [6, 6.07) is 8.32. The van der Waals surface area contributed by atoms with E-state index in [1.807, 2.05) is 29.5 Å². The monoisotopic (exact) mass is 588 g/mol. The predicted octanol–water partition coefficient (Wildman–Crippen LogP) is 5.39. The van der Waals surface area contributed by atoms with Crippen molar-refractivity contribution in [3.63, 3.8) is 0 Å². The van der Waals surface area contributed by atoms with Gasteiger partial charge in [-0.1, -0.05) is 18.7 Å². The number of carbonyl (C=O) groups excluding carboxylic acids is 1. The maximum Gasteiger partial charge on any atom is 0.319 e. The molecule has 2 saturated heterocycles. The molecule has 6 rings (SSSR count). The summed E-state index contributed by atoms with van der Waals surface area (Å²) in [4.78, 5) is 30.8. The molecule has 0 spiro atoms. The van der Waals surface area contributed by atoms with E-state index in [9.17, 15) is 4.79 Å². The molecule has 2 fully saturated rings. The van der Waals surface area contributed by atoms with Crippen LogP contribution in [0.2, 0.25) is 0 Å². The number of fused-ring (bicyclic) bond motifs is 2. The van der Waals surface area contributed by atoms with Gasteiger partial charge in [-0.15, -0.1) is 11.3 Å². The number of likely N-dealkylation sites (tertiary alicyclic amines) is 1. The number of likely N-dealkylation sites (N-methyl/N-ethyl adjacent to an activating group) is 1. The Kier molecular flexibility index (Phi) is 7.75. The third kappa shape index (κ3) is 5.05. The van der Waals surface area contributed by atoms with E-state index in [-0.39, 0.29) is 47.5 Å². The Bertz CT molecular complexity index is 1720. The van der Waals surface area contributed by atoms with Crippen LogP contribution >= 0.6 is 11.3 Å². The van der Waals surface area contributed by atoms with Gasteiger partial charge in [0, 0.05) is 41.1 Å². The van der Waals surface area contributed by atoms with Gasteiger partial charge in [0.05, 0.1) is 5.56 Å². The zero-order chi connectivity index (χ0) is 29.4. The number of anilines is 1. The van der Waals surface area contributed by atoms with E-state index in [2.05, 4.69) is 26.3 Å². The average molecular weight is 589 g/mol.